The molecule has 0 saturated carbocycles. The number of urea groups is 1. The van der Waals surface area contributed by atoms with Crippen LogP contribution in [0.3, 0.4) is 0 Å². The van der Waals surface area contributed by atoms with Gasteiger partial charge in [-0.2, -0.15) is 0 Å². The van der Waals surface area contributed by atoms with Crippen molar-refractivity contribution in [1.29, 1.82) is 0 Å². The molecule has 0 spiro atoms. The molecule has 1 aromatic heterocycles. The number of aromatic nitrogens is 1. The second-order valence-electron chi connectivity index (χ2n) is 5.38. The number of imide groups is 2. The first-order chi connectivity index (χ1) is 11.5. The van der Waals surface area contributed by atoms with E-state index in [0.29, 0.717) is 11.3 Å². The third-order valence-electron chi connectivity index (χ3n) is 3.72. The maximum atomic E-state index is 13.0. The van der Waals surface area contributed by atoms with Crippen LogP contribution < -0.4 is 5.32 Å². The molecule has 7 heteroatoms. The zero-order valence-corrected chi connectivity index (χ0v) is 12.8. The number of halogens is 1. The Kier molecular flexibility index (Phi) is 3.99. The molecule has 1 aliphatic heterocycles. The van der Waals surface area contributed by atoms with Gasteiger partial charge in [-0.15, -0.1) is 0 Å². The van der Waals surface area contributed by atoms with E-state index < -0.39 is 23.7 Å². The van der Waals surface area contributed by atoms with Crippen molar-refractivity contribution in [1.82, 2.24) is 14.8 Å². The normalized spacial score (nSPS) is 16.7. The lowest BCUT2D eigenvalue weighted by Gasteiger charge is -2.26. The molecule has 1 saturated heterocycles. The smallest absolute Gasteiger partial charge is 0.331 e. The minimum absolute atomic E-state index is 0.0529. The lowest BCUT2D eigenvalue weighted by molar-refractivity contribution is -0.130. The van der Waals surface area contributed by atoms with E-state index in [4.69, 9.17) is 0 Å². The van der Waals surface area contributed by atoms with E-state index in [1.54, 1.807) is 29.9 Å². The van der Waals surface area contributed by atoms with Crippen LogP contribution in [-0.4, -0.2) is 27.3 Å². The predicted molar refractivity (Wildman–Crippen MR) is 83.9 cm³/mol. The van der Waals surface area contributed by atoms with Gasteiger partial charge in [0.2, 0.25) is 0 Å². The highest BCUT2D eigenvalue weighted by molar-refractivity contribution is 6.30. The molecule has 4 amide bonds. The Morgan fingerprint density at radius 1 is 1.12 bits per heavy atom. The Labute approximate surface area is 137 Å². The van der Waals surface area contributed by atoms with Crippen LogP contribution in [0.25, 0.3) is 6.08 Å². The standard InChI is InChI=1S/C17H14FN3O3/c1-20-8-2-3-13(20)9-14-15(22)19-17(24)21(16(14)23)10-11-4-6-12(18)7-5-11/h2-9H,10H2,1H3,(H,19,22,24)/b14-9+. The van der Waals surface area contributed by atoms with Crippen molar-refractivity contribution < 1.29 is 18.8 Å². The van der Waals surface area contributed by atoms with Gasteiger partial charge in [0.25, 0.3) is 11.8 Å². The van der Waals surface area contributed by atoms with Gasteiger partial charge >= 0.3 is 6.03 Å². The summed E-state index contributed by atoms with van der Waals surface area (Å²) < 4.78 is 14.7. The van der Waals surface area contributed by atoms with E-state index in [-0.39, 0.29) is 12.1 Å². The number of hydrogen-bond donors (Lipinski definition) is 1. The van der Waals surface area contributed by atoms with E-state index in [1.807, 2.05) is 0 Å². The molecule has 1 fully saturated rings. The number of benzene rings is 1. The first-order valence-electron chi connectivity index (χ1n) is 7.20. The molecule has 0 unspecified atom stereocenters. The number of barbiturate groups is 1. The summed E-state index contributed by atoms with van der Waals surface area (Å²) in [4.78, 5) is 37.4. The first-order valence-corrected chi connectivity index (χ1v) is 7.20. The van der Waals surface area contributed by atoms with E-state index in [9.17, 15) is 18.8 Å². The predicted octanol–water partition coefficient (Wildman–Crippen LogP) is 1.83. The third-order valence-corrected chi connectivity index (χ3v) is 3.72. The van der Waals surface area contributed by atoms with E-state index in [2.05, 4.69) is 5.32 Å². The van der Waals surface area contributed by atoms with Crippen LogP contribution >= 0.6 is 0 Å². The lowest BCUT2D eigenvalue weighted by Crippen LogP contribution is -2.53. The number of carbonyl (C=O) groups is 3. The number of nitrogens with one attached hydrogen (secondary N) is 1. The number of hydrogen-bond acceptors (Lipinski definition) is 3. The average molecular weight is 327 g/mol. The lowest BCUT2D eigenvalue weighted by atomic mass is 10.1. The average Bonchev–Trinajstić information content (AvgIpc) is 2.95. The minimum Gasteiger partial charge on any atom is -0.351 e. The SMILES string of the molecule is Cn1cccc1/C=C1\C(=O)NC(=O)N(Cc2ccc(F)cc2)C1=O. The molecule has 1 N–H and O–H groups in total. The molecule has 0 atom stereocenters. The highest BCUT2D eigenvalue weighted by atomic mass is 19.1. The van der Waals surface area contributed by atoms with Gasteiger partial charge in [0, 0.05) is 18.9 Å². The Balaban J connectivity index is 1.90. The van der Waals surface area contributed by atoms with Crippen molar-refractivity contribution in [3.05, 3.63) is 65.2 Å². The summed E-state index contributed by atoms with van der Waals surface area (Å²) in [5.41, 5.74) is 1.11. The maximum absolute atomic E-state index is 13.0. The van der Waals surface area contributed by atoms with Crippen molar-refractivity contribution in [3.8, 4) is 0 Å². The Bertz CT molecular complexity index is 852. The van der Waals surface area contributed by atoms with Crippen molar-refractivity contribution in [3.63, 3.8) is 0 Å². The summed E-state index contributed by atoms with van der Waals surface area (Å²) in [5, 5.41) is 2.15. The van der Waals surface area contributed by atoms with Crippen molar-refractivity contribution in [2.45, 2.75) is 6.54 Å². The monoisotopic (exact) mass is 327 g/mol. The molecule has 24 heavy (non-hydrogen) atoms. The van der Waals surface area contributed by atoms with Crippen LogP contribution in [0.4, 0.5) is 9.18 Å². The summed E-state index contributed by atoms with van der Waals surface area (Å²) in [6.45, 7) is -0.0529. The molecule has 122 valence electrons. The van der Waals surface area contributed by atoms with Crippen LogP contribution in [-0.2, 0) is 23.2 Å². The van der Waals surface area contributed by atoms with Gasteiger partial charge in [-0.1, -0.05) is 12.1 Å². The van der Waals surface area contributed by atoms with Crippen LogP contribution in [0, 0.1) is 5.82 Å². The molecule has 1 aliphatic rings. The van der Waals surface area contributed by atoms with Gasteiger partial charge in [-0.05, 0) is 35.9 Å². The Morgan fingerprint density at radius 3 is 2.46 bits per heavy atom. The summed E-state index contributed by atoms with van der Waals surface area (Å²) in [5.74, 6) is -1.83. The van der Waals surface area contributed by atoms with Gasteiger partial charge in [0.15, 0.2) is 0 Å². The van der Waals surface area contributed by atoms with E-state index in [0.717, 1.165) is 4.90 Å². The molecule has 0 aliphatic carbocycles. The van der Waals surface area contributed by atoms with Gasteiger partial charge in [0.1, 0.15) is 11.4 Å². The summed E-state index contributed by atoms with van der Waals surface area (Å²) in [6, 6.07) is 8.17. The van der Waals surface area contributed by atoms with Crippen molar-refractivity contribution in [2.24, 2.45) is 7.05 Å². The highest BCUT2D eigenvalue weighted by Crippen LogP contribution is 2.17. The first kappa shape index (κ1) is 15.7. The van der Waals surface area contributed by atoms with E-state index in [1.165, 1.54) is 30.3 Å². The van der Waals surface area contributed by atoms with Crippen LogP contribution in [0.5, 0.6) is 0 Å². The van der Waals surface area contributed by atoms with Crippen LogP contribution in [0.2, 0.25) is 0 Å². The van der Waals surface area contributed by atoms with Gasteiger partial charge in [0.05, 0.1) is 6.54 Å². The second kappa shape index (κ2) is 6.11. The third kappa shape index (κ3) is 2.96. The minimum atomic E-state index is -0.793. The summed E-state index contributed by atoms with van der Waals surface area (Å²) >= 11 is 0. The van der Waals surface area contributed by atoms with Crippen molar-refractivity contribution in [2.75, 3.05) is 0 Å². The number of nitrogens with zero attached hydrogens (tertiary/aromatic N) is 2. The zero-order valence-electron chi connectivity index (χ0n) is 12.8. The van der Waals surface area contributed by atoms with Crippen LogP contribution in [0.15, 0.2) is 48.2 Å². The largest absolute Gasteiger partial charge is 0.351 e. The summed E-state index contributed by atoms with van der Waals surface area (Å²) in [6.07, 6.45) is 3.21. The molecule has 0 radical (unpaired) electrons. The second-order valence-corrected chi connectivity index (χ2v) is 5.38. The molecule has 1 aromatic carbocycles. The van der Waals surface area contributed by atoms with Gasteiger partial charge in [-0.3, -0.25) is 19.8 Å². The number of rotatable bonds is 3. The maximum Gasteiger partial charge on any atom is 0.331 e. The molecule has 2 aromatic rings. The fourth-order valence-electron chi connectivity index (χ4n) is 2.38. The van der Waals surface area contributed by atoms with E-state index >= 15 is 0 Å². The fourth-order valence-corrected chi connectivity index (χ4v) is 2.38. The van der Waals surface area contributed by atoms with Crippen LogP contribution in [0.1, 0.15) is 11.3 Å². The van der Waals surface area contributed by atoms with Crippen molar-refractivity contribution >= 4 is 23.9 Å². The Hall–Kier alpha value is -3.22. The number of carbonyl (C=O) groups excluding carboxylic acids is 3. The molecule has 6 nitrogen and oxygen atoms in total. The number of amides is 4. The van der Waals surface area contributed by atoms with Gasteiger partial charge < -0.3 is 4.57 Å². The quantitative estimate of drug-likeness (QED) is 0.690. The van der Waals surface area contributed by atoms with Gasteiger partial charge in [-0.25, -0.2) is 9.18 Å². The fraction of sp³-hybridized carbons (Fsp3) is 0.118. The summed E-state index contributed by atoms with van der Waals surface area (Å²) in [7, 11) is 1.78. The molecular formula is C17H14FN3O3. The molecular weight excluding hydrogens is 313 g/mol. The topological polar surface area (TPSA) is 71.4 Å². The Morgan fingerprint density at radius 2 is 1.83 bits per heavy atom. The molecule has 2 heterocycles. The highest BCUT2D eigenvalue weighted by Gasteiger charge is 2.35. The number of aryl methyl sites for hydroxylation is 1. The zero-order chi connectivity index (χ0) is 17.3. The molecule has 0 bridgehead atoms. The molecule has 3 rings (SSSR count).